The maximum absolute atomic E-state index is 13.1. The van der Waals surface area contributed by atoms with Gasteiger partial charge in [-0.25, -0.2) is 0 Å². The predicted octanol–water partition coefficient (Wildman–Crippen LogP) is 9.40. The molecular formula is C35H53NO. The molecule has 0 radical (unpaired) electrons. The van der Waals surface area contributed by atoms with Gasteiger partial charge in [-0.1, -0.05) is 93.5 Å². The molecule has 0 bridgehead atoms. The summed E-state index contributed by atoms with van der Waals surface area (Å²) in [6, 6.07) is 13.9. The summed E-state index contributed by atoms with van der Waals surface area (Å²) in [4.78, 5) is 13.1. The highest BCUT2D eigenvalue weighted by Crippen LogP contribution is 2.58. The van der Waals surface area contributed by atoms with Crippen molar-refractivity contribution in [1.82, 2.24) is 5.32 Å². The summed E-state index contributed by atoms with van der Waals surface area (Å²) in [6.45, 7) is 29.2. The van der Waals surface area contributed by atoms with Gasteiger partial charge in [-0.3, -0.25) is 4.79 Å². The van der Waals surface area contributed by atoms with Crippen LogP contribution in [-0.2, 0) is 16.2 Å². The van der Waals surface area contributed by atoms with Gasteiger partial charge in [-0.15, -0.1) is 0 Å². The van der Waals surface area contributed by atoms with Crippen LogP contribution in [0.4, 0.5) is 0 Å². The third kappa shape index (κ3) is 7.06. The van der Waals surface area contributed by atoms with Crippen LogP contribution in [0.1, 0.15) is 153 Å². The number of hydrogen-bond acceptors (Lipinski definition) is 1. The van der Waals surface area contributed by atoms with E-state index in [9.17, 15) is 4.79 Å². The van der Waals surface area contributed by atoms with Gasteiger partial charge in [0.2, 0.25) is 0 Å². The van der Waals surface area contributed by atoms with Crippen LogP contribution in [-0.4, -0.2) is 11.4 Å². The molecule has 37 heavy (non-hydrogen) atoms. The molecule has 1 amide bonds. The number of carbonyl (C=O) groups is 1. The Labute approximate surface area is 228 Å². The van der Waals surface area contributed by atoms with E-state index < -0.39 is 0 Å². The molecule has 0 heterocycles. The van der Waals surface area contributed by atoms with Gasteiger partial charge in [0.05, 0.1) is 0 Å². The van der Waals surface area contributed by atoms with Crippen LogP contribution in [0.5, 0.6) is 0 Å². The van der Waals surface area contributed by atoms with Gasteiger partial charge in [0.15, 0.2) is 0 Å². The molecule has 0 aromatic heterocycles. The zero-order chi connectivity index (χ0) is 28.1. The lowest BCUT2D eigenvalue weighted by molar-refractivity contribution is 0.0919. The van der Waals surface area contributed by atoms with Crippen molar-refractivity contribution in [1.29, 1.82) is 0 Å². The van der Waals surface area contributed by atoms with Gasteiger partial charge in [0.25, 0.3) is 5.91 Å². The first kappa shape index (κ1) is 29.5. The maximum Gasteiger partial charge on any atom is 0.251 e. The van der Waals surface area contributed by atoms with E-state index in [1.807, 2.05) is 20.8 Å². The van der Waals surface area contributed by atoms with E-state index in [0.717, 1.165) is 12.0 Å². The van der Waals surface area contributed by atoms with Crippen molar-refractivity contribution < 1.29 is 4.79 Å². The quantitative estimate of drug-likeness (QED) is 0.418. The summed E-state index contributed by atoms with van der Waals surface area (Å²) in [5, 5.41) is 3.16. The van der Waals surface area contributed by atoms with E-state index in [-0.39, 0.29) is 27.7 Å². The second-order valence-corrected chi connectivity index (χ2v) is 15.5. The molecule has 1 N–H and O–H groups in total. The Bertz CT molecular complexity index is 1140. The summed E-state index contributed by atoms with van der Waals surface area (Å²) in [5.41, 5.74) is 7.81. The molecule has 0 saturated heterocycles. The van der Waals surface area contributed by atoms with E-state index in [4.69, 9.17) is 0 Å². The lowest BCUT2D eigenvalue weighted by Gasteiger charge is -2.26. The Balaban J connectivity index is 1.90. The summed E-state index contributed by atoms with van der Waals surface area (Å²) in [7, 11) is 0. The highest BCUT2D eigenvalue weighted by Gasteiger charge is 2.51. The molecule has 2 aromatic carbocycles. The lowest BCUT2D eigenvalue weighted by Crippen LogP contribution is -2.40. The zero-order valence-electron chi connectivity index (χ0n) is 26.0. The Hall–Kier alpha value is -2.09. The molecular weight excluding hydrogens is 450 g/mol. The Morgan fingerprint density at radius 3 is 1.89 bits per heavy atom. The fourth-order valence-corrected chi connectivity index (χ4v) is 5.37. The Morgan fingerprint density at radius 1 is 0.838 bits per heavy atom. The number of rotatable bonds is 6. The first-order valence-corrected chi connectivity index (χ1v) is 14.3. The fraction of sp³-hybridized carbons (Fsp3) is 0.629. The summed E-state index contributed by atoms with van der Waals surface area (Å²) >= 11 is 0. The highest BCUT2D eigenvalue weighted by atomic mass is 16.1. The van der Waals surface area contributed by atoms with Crippen molar-refractivity contribution in [3.8, 4) is 0 Å². The first-order valence-electron chi connectivity index (χ1n) is 14.3. The van der Waals surface area contributed by atoms with E-state index in [1.165, 1.54) is 34.2 Å². The minimum absolute atomic E-state index is 0.0127. The second-order valence-electron chi connectivity index (χ2n) is 15.5. The lowest BCUT2D eigenvalue weighted by atomic mass is 9.80. The van der Waals surface area contributed by atoms with Crippen LogP contribution in [0.15, 0.2) is 36.4 Å². The summed E-state index contributed by atoms with van der Waals surface area (Å²) in [6.07, 6.45) is 2.37. The third-order valence-corrected chi connectivity index (χ3v) is 8.34. The minimum Gasteiger partial charge on any atom is -0.347 e. The van der Waals surface area contributed by atoms with Crippen molar-refractivity contribution in [3.63, 3.8) is 0 Å². The Morgan fingerprint density at radius 2 is 1.38 bits per heavy atom. The van der Waals surface area contributed by atoms with Crippen molar-refractivity contribution >= 4 is 5.91 Å². The molecule has 1 saturated carbocycles. The molecule has 2 nitrogen and oxygen atoms in total. The largest absolute Gasteiger partial charge is 0.347 e. The van der Waals surface area contributed by atoms with Gasteiger partial charge in [-0.05, 0) is 108 Å². The van der Waals surface area contributed by atoms with E-state index in [0.29, 0.717) is 17.8 Å². The molecule has 1 aliphatic carbocycles. The Kier molecular flexibility index (Phi) is 7.88. The first-order chi connectivity index (χ1) is 16.7. The SMILES string of the molecule is CC(C)c1cc(C(C)(C)C)cc(C2(C)CC2CC(C)c2cc(C(=O)NC(C)(C)C)cc(C(C)(C)C)c2)c1. The smallest absolute Gasteiger partial charge is 0.251 e. The standard InChI is InChI=1S/C35H53NO/c1-22(2)24-16-28(33(7,8)9)20-29(17-24)35(13)21-30(35)14-23(3)25-15-26(31(37)36-34(10,11)12)19-27(18-25)32(4,5)6/h15-20,22-23,30H,14,21H2,1-13H3,(H,36,37). The van der Waals surface area contributed by atoms with Crippen molar-refractivity contribution in [2.45, 2.75) is 136 Å². The monoisotopic (exact) mass is 503 g/mol. The van der Waals surface area contributed by atoms with Crippen molar-refractivity contribution in [2.24, 2.45) is 5.92 Å². The maximum atomic E-state index is 13.1. The van der Waals surface area contributed by atoms with E-state index in [1.54, 1.807) is 0 Å². The molecule has 204 valence electrons. The van der Waals surface area contributed by atoms with Gasteiger partial charge < -0.3 is 5.32 Å². The normalized spacial score (nSPS) is 21.2. The van der Waals surface area contributed by atoms with Crippen LogP contribution in [0.3, 0.4) is 0 Å². The summed E-state index contributed by atoms with van der Waals surface area (Å²) < 4.78 is 0. The molecule has 0 aliphatic heterocycles. The molecule has 2 heteroatoms. The van der Waals surface area contributed by atoms with Crippen LogP contribution < -0.4 is 5.32 Å². The second kappa shape index (κ2) is 9.90. The zero-order valence-corrected chi connectivity index (χ0v) is 26.0. The van der Waals surface area contributed by atoms with E-state index >= 15 is 0 Å². The molecule has 1 aliphatic rings. The van der Waals surface area contributed by atoms with Crippen LogP contribution in [0.25, 0.3) is 0 Å². The summed E-state index contributed by atoms with van der Waals surface area (Å²) in [5.74, 6) is 1.59. The van der Waals surface area contributed by atoms with E-state index in [2.05, 4.69) is 111 Å². The van der Waals surface area contributed by atoms with Crippen molar-refractivity contribution in [2.75, 3.05) is 0 Å². The molecule has 3 atom stereocenters. The van der Waals surface area contributed by atoms with Crippen LogP contribution >= 0.6 is 0 Å². The third-order valence-electron chi connectivity index (χ3n) is 8.34. The average Bonchev–Trinajstić information content (AvgIpc) is 3.41. The fourth-order valence-electron chi connectivity index (χ4n) is 5.37. The van der Waals surface area contributed by atoms with Gasteiger partial charge in [0, 0.05) is 11.1 Å². The number of nitrogens with one attached hydrogen (secondary N) is 1. The van der Waals surface area contributed by atoms with Crippen LogP contribution in [0, 0.1) is 5.92 Å². The van der Waals surface area contributed by atoms with Gasteiger partial charge in [-0.2, -0.15) is 0 Å². The molecule has 3 rings (SSSR count). The van der Waals surface area contributed by atoms with Crippen LogP contribution in [0.2, 0.25) is 0 Å². The molecule has 2 aromatic rings. The van der Waals surface area contributed by atoms with Crippen molar-refractivity contribution in [3.05, 3.63) is 69.8 Å². The number of amides is 1. The highest BCUT2D eigenvalue weighted by molar-refractivity contribution is 5.95. The molecule has 1 fully saturated rings. The topological polar surface area (TPSA) is 29.1 Å². The predicted molar refractivity (Wildman–Crippen MR) is 160 cm³/mol. The van der Waals surface area contributed by atoms with Gasteiger partial charge in [0.1, 0.15) is 0 Å². The number of carbonyl (C=O) groups excluding carboxylic acids is 1. The number of benzene rings is 2. The minimum atomic E-state index is -0.257. The number of hydrogen-bond donors (Lipinski definition) is 1. The molecule has 3 unspecified atom stereocenters. The van der Waals surface area contributed by atoms with Gasteiger partial charge >= 0.3 is 0 Å². The average molecular weight is 504 g/mol. The molecule has 0 spiro atoms.